The number of carboxylic acid groups (broad SMARTS) is 1. The molecule has 147 heavy (non-hydrogen) atoms. The van der Waals surface area contributed by atoms with Crippen LogP contribution in [0.25, 0.3) is 52.8 Å². The molecule has 15 rings (SSSR count). The molecule has 3 atom stereocenters. The number of ketones is 3. The van der Waals surface area contributed by atoms with Crippen molar-refractivity contribution in [3.8, 4) is 57.0 Å². The van der Waals surface area contributed by atoms with Crippen LogP contribution in [0.2, 0.25) is 0 Å². The van der Waals surface area contributed by atoms with Gasteiger partial charge in [-0.25, -0.2) is 67.9 Å². The van der Waals surface area contributed by atoms with Crippen molar-refractivity contribution in [1.29, 1.82) is 11.1 Å². The number of halogens is 5. The van der Waals surface area contributed by atoms with E-state index in [1.807, 2.05) is 86.1 Å². The number of hydrogen-bond acceptors (Lipinski definition) is 27. The Bertz CT molecular complexity index is 6870. The van der Waals surface area contributed by atoms with Crippen LogP contribution < -0.4 is 31.0 Å². The third kappa shape index (κ3) is 34.3. The molecule has 0 radical (unpaired) electrons. The summed E-state index contributed by atoms with van der Waals surface area (Å²) in [6.07, 6.45) is 6.66. The highest BCUT2D eigenvalue weighted by Gasteiger charge is 2.37. The largest absolute Gasteiger partial charge is 0.488 e. The lowest BCUT2D eigenvalue weighted by Crippen LogP contribution is -2.43. The van der Waals surface area contributed by atoms with Crippen molar-refractivity contribution >= 4 is 132 Å². The van der Waals surface area contributed by atoms with E-state index in [0.717, 1.165) is 49.4 Å². The number of nitrogens with two attached hydrogens (primary N) is 1. The van der Waals surface area contributed by atoms with Crippen molar-refractivity contribution in [2.75, 3.05) is 45.0 Å². The number of likely N-dealkylation sites (tertiary alicyclic amines) is 3. The van der Waals surface area contributed by atoms with Gasteiger partial charge in [0.2, 0.25) is 22.7 Å². The van der Waals surface area contributed by atoms with E-state index < -0.39 is 59.0 Å². The minimum absolute atomic E-state index is 0. The lowest BCUT2D eigenvalue weighted by Gasteiger charge is -2.34. The lowest BCUT2D eigenvalue weighted by atomic mass is 9.80. The molecule has 6 aromatic heterocycles. The Balaban J connectivity index is 0.000000322. The van der Waals surface area contributed by atoms with Gasteiger partial charge in [-0.15, -0.1) is 0 Å². The van der Waals surface area contributed by atoms with Gasteiger partial charge in [0.1, 0.15) is 71.6 Å². The Morgan fingerprint density at radius 2 is 0.952 bits per heavy atom. The van der Waals surface area contributed by atoms with E-state index in [-0.39, 0.29) is 125 Å². The maximum Gasteiger partial charge on any atom is 0.488 e. The van der Waals surface area contributed by atoms with E-state index in [0.29, 0.717) is 112 Å². The molecule has 12 aromatic rings. The van der Waals surface area contributed by atoms with Crippen LogP contribution in [-0.2, 0) is 35.0 Å². The predicted octanol–water partition coefficient (Wildman–Crippen LogP) is 21.5. The first kappa shape index (κ1) is 119. The van der Waals surface area contributed by atoms with Gasteiger partial charge in [-0.2, -0.15) is 40.2 Å². The second kappa shape index (κ2) is 55.9. The number of para-hydroxylation sites is 3. The molecule has 41 nitrogen and oxygen atoms in total. The fourth-order valence-corrected chi connectivity index (χ4v) is 15.1. The fraction of sp³-hybridized carbons (Fsp3) is 0.330. The van der Waals surface area contributed by atoms with Gasteiger partial charge in [0, 0.05) is 58.0 Å². The molecule has 0 aliphatic carbocycles. The van der Waals surface area contributed by atoms with Gasteiger partial charge < -0.3 is 64.0 Å². The first-order valence-corrected chi connectivity index (χ1v) is 46.2. The number of carbonyl (C=O) groups is 7. The van der Waals surface area contributed by atoms with Gasteiger partial charge >= 0.3 is 37.5 Å². The van der Waals surface area contributed by atoms with Crippen LogP contribution in [0.5, 0.6) is 34.5 Å². The van der Waals surface area contributed by atoms with Gasteiger partial charge in [-0.1, -0.05) is 81.6 Å². The third-order valence-electron chi connectivity index (χ3n) is 20.6. The molecule has 9 heterocycles. The number of aromatic amines is 3. The van der Waals surface area contributed by atoms with Gasteiger partial charge in [-0.3, -0.25) is 43.4 Å². The van der Waals surface area contributed by atoms with Crippen molar-refractivity contribution in [3.63, 3.8) is 0 Å². The molecule has 0 spiro atoms. The molecule has 6 aromatic carbocycles. The number of carbonyl (C=O) groups excluding carboxylic acids is 8. The Morgan fingerprint density at radius 1 is 0.565 bits per heavy atom. The molecule has 0 bridgehead atoms. The van der Waals surface area contributed by atoms with Crippen molar-refractivity contribution in [2.24, 2.45) is 0 Å². The lowest BCUT2D eigenvalue weighted by molar-refractivity contribution is -0.191. The number of nitrogens with one attached hydrogen (secondary N) is 5. The fourth-order valence-electron chi connectivity index (χ4n) is 14.3. The Labute approximate surface area is 863 Å². The number of piperidine rings is 3. The van der Waals surface area contributed by atoms with Gasteiger partial charge in [-0.05, 0) is 256 Å². The van der Waals surface area contributed by atoms with Crippen molar-refractivity contribution in [1.82, 2.24) is 74.6 Å². The number of Topliss-reactive ketones (excluding diaryl/α,β-unsaturated/α-hetero) is 3. The molecule has 47 heteroatoms. The number of carboxylic acids is 1. The number of H-pyrrole nitrogens is 3. The van der Waals surface area contributed by atoms with Crippen LogP contribution in [0.3, 0.4) is 0 Å². The number of benzene rings is 6. The second-order valence-corrected chi connectivity index (χ2v) is 36.2. The summed E-state index contributed by atoms with van der Waals surface area (Å²) in [5.41, 5.74) is 20.1. The van der Waals surface area contributed by atoms with E-state index in [1.54, 1.807) is 121 Å². The van der Waals surface area contributed by atoms with E-state index in [9.17, 15) is 51.5 Å². The number of nitrogens with zero attached hydrogens (tertiary/aromatic N) is 16. The van der Waals surface area contributed by atoms with Crippen LogP contribution in [0.4, 0.5) is 56.1 Å². The smallest absolute Gasteiger partial charge is 0.478 e. The van der Waals surface area contributed by atoms with Crippen LogP contribution in [-0.4, -0.2) is 201 Å². The molecule has 3 aliphatic heterocycles. The summed E-state index contributed by atoms with van der Waals surface area (Å²) in [5, 5.41) is 58.4. The Hall–Kier alpha value is -16.6. The number of aliphatic carboxylic acids is 1. The van der Waals surface area contributed by atoms with Crippen LogP contribution >= 0.6 is 31.9 Å². The molecule has 10 N–H and O–H groups in total. The third-order valence-corrected chi connectivity index (χ3v) is 21.7. The quantitative estimate of drug-likeness (QED) is 0.0102. The summed E-state index contributed by atoms with van der Waals surface area (Å²) in [5.74, 6) is -1.03. The first-order chi connectivity index (χ1) is 69.2. The van der Waals surface area contributed by atoms with E-state index in [4.69, 9.17) is 106 Å². The predicted molar refractivity (Wildman–Crippen MR) is 546 cm³/mol. The zero-order valence-corrected chi connectivity index (χ0v) is 84.9. The molecule has 0 unspecified atom stereocenters. The number of hydrogen-bond donors (Lipinski definition) is 9. The maximum absolute atomic E-state index is 14.0. The molecule has 3 amide bonds. The van der Waals surface area contributed by atoms with E-state index in [1.165, 1.54) is 63.4 Å². The Kier molecular flexibility index (Phi) is 45.3. The number of nitrogen functional groups attached to an aromatic ring is 1. The number of amides is 3. The van der Waals surface area contributed by atoms with Gasteiger partial charge in [0.25, 0.3) is 5.56 Å². The maximum atomic E-state index is 14.0. The Morgan fingerprint density at radius 3 is 1.30 bits per heavy atom. The van der Waals surface area contributed by atoms with Crippen molar-refractivity contribution < 1.29 is 101 Å². The number of aromatic nitrogens is 12. The zero-order valence-electron chi connectivity index (χ0n) is 81.7. The monoisotopic (exact) mass is 2150 g/mol. The summed E-state index contributed by atoms with van der Waals surface area (Å²) in [7, 11) is -1.52. The van der Waals surface area contributed by atoms with Crippen molar-refractivity contribution in [2.45, 2.75) is 177 Å². The van der Waals surface area contributed by atoms with Gasteiger partial charge in [0.05, 0.1) is 61.7 Å². The summed E-state index contributed by atoms with van der Waals surface area (Å²) >= 11 is 6.31. The van der Waals surface area contributed by atoms with Crippen LogP contribution in [0.15, 0.2) is 178 Å². The standard InChI is InChI=1S/C28H31FN4O3.C27H29FN6O4.C16H21BrN4O3.C12H10BFO3.C6H4BrN3O.C6H5N3O.C3H4O2.CO2.CH4.H2N2.H2/c1-6-23-26(30-5)25(19-13-15-21(16-14-19)35-24-12-8-7-11-22(24)29)31-33(23)20-10-9-17-32(18-20)27(34)36-28(2,3)4;1-27(2,3)38-26(36)33-14-6-7-17(15-33)34-23-21(24(29)30-31-25(23)35)22(32-34)16-10-12-18(13-11-16)37-20-9-5-4-8-19(20)28;1-10(22)13-12(18-5)14(17)19-21(13)11-7-6-8-20(9-11)15(23)24-16(2,3)4;14-11-3-1-2-4-12(11)17-10-7-5-9(6-8-10)13(15)16;1-3(11)4-5(8-2)6(7)10-9-4;1-4(10)6-5(7-2)3-8-9-6;1-2-3(4)5;2-1-3;;1-2;/h7-8,11-16,20H,6,9-10,17-18H2,1-4H3;4-5,8-13,17H,6-7,14-15H2,1-3H3,(H2,29,30)(H,31,35);11H,6-9H2,1-4H3;1-8,15-16H;1H3,(H,9,10);3H,1H3,(H,8,9);2H,1H2,(H,4,5);;1H4;1-2H;1H/t20-;17-;11-;;;;;;;;/m111......../s1. The highest BCUT2D eigenvalue weighted by atomic mass is 79.9. The molecule has 3 aliphatic rings. The topological polar surface area (TPSA) is 527 Å². The molecule has 0 saturated carbocycles. The zero-order chi connectivity index (χ0) is 108. The molecular weight excluding hydrogens is 2040 g/mol. The molecule has 3 fully saturated rings. The van der Waals surface area contributed by atoms with Crippen LogP contribution in [0, 0.1) is 54.8 Å². The second-order valence-electron chi connectivity index (χ2n) is 34.7. The number of anilines is 1. The minimum atomic E-state index is -1.52. The minimum Gasteiger partial charge on any atom is -0.478 e. The highest BCUT2D eigenvalue weighted by Crippen LogP contribution is 2.41. The molecular formula is C100H112BBr2F3N22O19. The van der Waals surface area contributed by atoms with E-state index in [2.05, 4.69) is 93.5 Å². The number of ether oxygens (including phenoxy) is 6. The summed E-state index contributed by atoms with van der Waals surface area (Å²) < 4.78 is 80.3. The highest BCUT2D eigenvalue weighted by molar-refractivity contribution is 9.10. The SMILES string of the molecule is C.C=CC(=O)O.CC(C)(C)OC(=O)N1CCC[C@@H](n2nc(-c3ccc(Oc4ccccc4F)cc3)c3c(N)n[nH]c(=O)c32)C1.N=N.O=C=O.OB(O)c1ccc(Oc2ccccc2F)cc1.[C-]#[N+]c1c(-c2ccc(Oc3ccccc3F)cc2)nn([C@@H]2CCCN(C(=O)OC(C)(C)C)C2)c1CC.[C-]#[N+]c1c(Br)nn([C@@H]2CCCN(C(=O)OC(C)(C)C)C2)c1C(C)=O.[C-]#[N+]c1c(C(C)=O)n[nH]c1Br.[C-]#[N+]c1cn[nH]c1C(C)=O.[HH]. The van der Waals surface area contributed by atoms with Crippen molar-refractivity contribution in [3.05, 3.63) is 270 Å². The van der Waals surface area contributed by atoms with Gasteiger partial charge in [0.15, 0.2) is 57.9 Å². The number of fused-ring (bicyclic) bond motifs is 1. The van der Waals surface area contributed by atoms with Crippen LogP contribution in [0.1, 0.15) is 193 Å². The summed E-state index contributed by atoms with van der Waals surface area (Å²) in [6.45, 7) is 57.1. The normalized spacial score (nSPS) is 13.7. The summed E-state index contributed by atoms with van der Waals surface area (Å²) in [4.78, 5) is 128. The summed E-state index contributed by atoms with van der Waals surface area (Å²) in [6, 6.07) is 38.1. The van der Waals surface area contributed by atoms with E-state index >= 15 is 0 Å². The first-order valence-electron chi connectivity index (χ1n) is 44.6. The molecule has 774 valence electrons. The number of rotatable bonds is 17. The average molecular weight is 2150 g/mol. The average Bonchev–Trinajstić information content (AvgIpc) is 1.60. The molecule has 3 saturated heterocycles.